The van der Waals surface area contributed by atoms with Crippen LogP contribution in [0, 0.1) is 6.92 Å². The Kier molecular flexibility index (Phi) is 5.38. The first-order chi connectivity index (χ1) is 16.2. The van der Waals surface area contributed by atoms with Crippen molar-refractivity contribution < 1.29 is 9.47 Å². The first-order valence-corrected chi connectivity index (χ1v) is 13.1. The van der Waals surface area contributed by atoms with Crippen LogP contribution in [-0.4, -0.2) is 16.3 Å². The molecule has 3 heterocycles. The molecule has 168 valence electrons. The van der Waals surface area contributed by atoms with Gasteiger partial charge in [0.1, 0.15) is 4.83 Å². The average Bonchev–Trinajstić information content (AvgIpc) is 3.36. The van der Waals surface area contributed by atoms with Gasteiger partial charge in [-0.1, -0.05) is 41.9 Å². The van der Waals surface area contributed by atoms with E-state index in [0.717, 1.165) is 57.4 Å². The quantitative estimate of drug-likeness (QED) is 0.204. The molecule has 33 heavy (non-hydrogen) atoms. The van der Waals surface area contributed by atoms with E-state index in [1.54, 1.807) is 27.7 Å². The van der Waals surface area contributed by atoms with Crippen molar-refractivity contribution in [2.45, 2.75) is 49.9 Å². The zero-order chi connectivity index (χ0) is 22.4. The molecule has 2 aromatic heterocycles. The molecule has 0 N–H and O–H groups in total. The Morgan fingerprint density at radius 2 is 1.85 bits per heavy atom. The van der Waals surface area contributed by atoms with Gasteiger partial charge in [0.25, 0.3) is 5.56 Å². The highest BCUT2D eigenvalue weighted by Crippen LogP contribution is 2.37. The van der Waals surface area contributed by atoms with E-state index in [0.29, 0.717) is 5.75 Å². The van der Waals surface area contributed by atoms with Crippen LogP contribution in [0.3, 0.4) is 0 Å². The maximum Gasteiger partial charge on any atom is 0.267 e. The highest BCUT2D eigenvalue weighted by atomic mass is 32.2. The van der Waals surface area contributed by atoms with Crippen LogP contribution >= 0.6 is 23.1 Å². The standard InChI is InChI=1S/C26H24N2O3S2/c1-16-7-10-18(11-8-16)28-25(29)23-19-5-3-2-4-6-22(19)33-24(23)27-26(28)32-14-17-9-12-20-21(13-17)31-15-30-20/h7-13H,2-6,14-15H2,1H3. The Morgan fingerprint density at radius 3 is 2.73 bits per heavy atom. The summed E-state index contributed by atoms with van der Waals surface area (Å²) in [5, 5.41) is 1.55. The molecule has 2 aliphatic rings. The van der Waals surface area contributed by atoms with Crippen molar-refractivity contribution in [3.63, 3.8) is 0 Å². The van der Waals surface area contributed by atoms with Crippen molar-refractivity contribution in [2.24, 2.45) is 0 Å². The number of aromatic nitrogens is 2. The molecule has 6 rings (SSSR count). The number of rotatable bonds is 4. The Labute approximate surface area is 200 Å². The van der Waals surface area contributed by atoms with E-state index in [-0.39, 0.29) is 12.4 Å². The van der Waals surface area contributed by atoms with Gasteiger partial charge in [0.05, 0.1) is 11.1 Å². The second-order valence-electron chi connectivity index (χ2n) is 8.59. The summed E-state index contributed by atoms with van der Waals surface area (Å²) in [6.45, 7) is 2.32. The predicted octanol–water partition coefficient (Wildman–Crippen LogP) is 6.05. The van der Waals surface area contributed by atoms with Crippen molar-refractivity contribution in [1.29, 1.82) is 0 Å². The fourth-order valence-corrected chi connectivity index (χ4v) is 6.82. The van der Waals surface area contributed by atoms with Gasteiger partial charge in [-0.25, -0.2) is 4.98 Å². The lowest BCUT2D eigenvalue weighted by Crippen LogP contribution is -2.22. The van der Waals surface area contributed by atoms with Crippen LogP contribution in [0.5, 0.6) is 11.5 Å². The van der Waals surface area contributed by atoms with Gasteiger partial charge in [0, 0.05) is 10.6 Å². The van der Waals surface area contributed by atoms with Gasteiger partial charge in [0.15, 0.2) is 16.7 Å². The van der Waals surface area contributed by atoms with Crippen LogP contribution in [0.1, 0.15) is 40.8 Å². The summed E-state index contributed by atoms with van der Waals surface area (Å²) in [6.07, 6.45) is 5.59. The number of hydrogen-bond donors (Lipinski definition) is 0. The molecule has 0 unspecified atom stereocenters. The molecule has 0 amide bonds. The van der Waals surface area contributed by atoms with Crippen LogP contribution in [0.2, 0.25) is 0 Å². The molecule has 0 fully saturated rings. The van der Waals surface area contributed by atoms with Crippen molar-refractivity contribution in [1.82, 2.24) is 9.55 Å². The molecule has 0 radical (unpaired) electrons. The minimum atomic E-state index is 0.0523. The van der Waals surface area contributed by atoms with E-state index < -0.39 is 0 Å². The summed E-state index contributed by atoms with van der Waals surface area (Å²) in [5.74, 6) is 2.24. The average molecular weight is 477 g/mol. The van der Waals surface area contributed by atoms with Gasteiger partial charge in [-0.05, 0) is 68.0 Å². The molecule has 7 heteroatoms. The van der Waals surface area contributed by atoms with Crippen LogP contribution in [-0.2, 0) is 18.6 Å². The number of thiophene rings is 1. The number of aryl methyl sites for hydroxylation is 3. The van der Waals surface area contributed by atoms with Crippen molar-refractivity contribution >= 4 is 33.3 Å². The molecule has 4 aromatic rings. The van der Waals surface area contributed by atoms with E-state index in [2.05, 4.69) is 6.92 Å². The molecule has 1 aliphatic carbocycles. The lowest BCUT2D eigenvalue weighted by Gasteiger charge is -2.13. The summed E-state index contributed by atoms with van der Waals surface area (Å²) in [5.41, 5.74) is 4.42. The zero-order valence-electron chi connectivity index (χ0n) is 18.4. The molecule has 0 saturated heterocycles. The molecular formula is C26H24N2O3S2. The molecule has 2 aromatic carbocycles. The summed E-state index contributed by atoms with van der Waals surface area (Å²) in [6, 6.07) is 14.1. The smallest absolute Gasteiger partial charge is 0.267 e. The Morgan fingerprint density at radius 1 is 1.03 bits per heavy atom. The molecule has 0 spiro atoms. The molecular weight excluding hydrogens is 452 g/mol. The predicted molar refractivity (Wildman–Crippen MR) is 133 cm³/mol. The lowest BCUT2D eigenvalue weighted by molar-refractivity contribution is 0.174. The Balaban J connectivity index is 1.46. The van der Waals surface area contributed by atoms with Crippen LogP contribution in [0.25, 0.3) is 15.9 Å². The number of benzene rings is 2. The fourth-order valence-electron chi connectivity index (χ4n) is 4.56. The van der Waals surface area contributed by atoms with E-state index in [1.807, 2.05) is 42.5 Å². The van der Waals surface area contributed by atoms with Crippen molar-refractivity contribution in [3.8, 4) is 17.2 Å². The fraction of sp³-hybridized carbons (Fsp3) is 0.308. The van der Waals surface area contributed by atoms with E-state index in [9.17, 15) is 4.79 Å². The van der Waals surface area contributed by atoms with E-state index in [4.69, 9.17) is 14.5 Å². The first-order valence-electron chi connectivity index (χ1n) is 11.3. The van der Waals surface area contributed by atoms with E-state index >= 15 is 0 Å². The number of hydrogen-bond acceptors (Lipinski definition) is 6. The van der Waals surface area contributed by atoms with Gasteiger partial charge in [-0.2, -0.15) is 0 Å². The summed E-state index contributed by atoms with van der Waals surface area (Å²) < 4.78 is 12.8. The normalized spacial score (nSPS) is 14.9. The van der Waals surface area contributed by atoms with Crippen LogP contribution in [0.15, 0.2) is 52.4 Å². The number of nitrogens with zero attached hydrogens (tertiary/aromatic N) is 2. The van der Waals surface area contributed by atoms with Gasteiger partial charge in [-0.3, -0.25) is 9.36 Å². The summed E-state index contributed by atoms with van der Waals surface area (Å²) in [7, 11) is 0. The lowest BCUT2D eigenvalue weighted by atomic mass is 10.1. The molecule has 0 saturated carbocycles. The van der Waals surface area contributed by atoms with Crippen molar-refractivity contribution in [2.75, 3.05) is 6.79 Å². The summed E-state index contributed by atoms with van der Waals surface area (Å²) in [4.78, 5) is 21.2. The van der Waals surface area contributed by atoms with Gasteiger partial charge in [-0.15, -0.1) is 11.3 Å². The van der Waals surface area contributed by atoms with Gasteiger partial charge < -0.3 is 9.47 Å². The van der Waals surface area contributed by atoms with Crippen LogP contribution in [0.4, 0.5) is 0 Å². The largest absolute Gasteiger partial charge is 0.454 e. The maximum atomic E-state index is 13.9. The monoisotopic (exact) mass is 476 g/mol. The first kappa shape index (κ1) is 20.8. The minimum Gasteiger partial charge on any atom is -0.454 e. The van der Waals surface area contributed by atoms with E-state index in [1.165, 1.54) is 28.8 Å². The second kappa shape index (κ2) is 8.54. The zero-order valence-corrected chi connectivity index (χ0v) is 20.1. The third kappa shape index (κ3) is 3.83. The SMILES string of the molecule is Cc1ccc(-n2c(SCc3ccc4c(c3)OCO4)nc3sc4c(c3c2=O)CCCCC4)cc1. The Bertz CT molecular complexity index is 1410. The molecule has 5 nitrogen and oxygen atoms in total. The topological polar surface area (TPSA) is 53.4 Å². The maximum absolute atomic E-state index is 13.9. The number of fused-ring (bicyclic) bond motifs is 4. The van der Waals surface area contributed by atoms with Gasteiger partial charge >= 0.3 is 0 Å². The molecule has 0 atom stereocenters. The van der Waals surface area contributed by atoms with Crippen molar-refractivity contribution in [3.05, 3.63) is 74.4 Å². The minimum absolute atomic E-state index is 0.0523. The summed E-state index contributed by atoms with van der Waals surface area (Å²) >= 11 is 3.30. The van der Waals surface area contributed by atoms with Crippen LogP contribution < -0.4 is 15.0 Å². The number of thioether (sulfide) groups is 1. The highest BCUT2D eigenvalue weighted by Gasteiger charge is 2.22. The van der Waals surface area contributed by atoms with Gasteiger partial charge in [0.2, 0.25) is 6.79 Å². The molecule has 0 bridgehead atoms. The third-order valence-electron chi connectivity index (χ3n) is 6.31. The third-order valence-corrected chi connectivity index (χ3v) is 8.50. The molecule has 1 aliphatic heterocycles. The number of ether oxygens (including phenoxy) is 2. The second-order valence-corrected chi connectivity index (χ2v) is 10.6. The Hall–Kier alpha value is -2.77. The highest BCUT2D eigenvalue weighted by molar-refractivity contribution is 7.98.